The number of nitro groups is 1. The van der Waals surface area contributed by atoms with Crippen molar-refractivity contribution in [2.75, 3.05) is 26.7 Å². The number of hydrogen-bond donors (Lipinski definition) is 1. The molecule has 0 radical (unpaired) electrons. The van der Waals surface area contributed by atoms with E-state index in [9.17, 15) is 24.5 Å². The SMILES string of the molecule is COc1ccc(C2(C(=O)N3CCCN3C(=O)CNC(=O)c3ccc([N+](=O)[O-])cc3)CC2)cc1. The van der Waals surface area contributed by atoms with Crippen LogP contribution in [-0.2, 0) is 15.0 Å². The molecule has 1 N–H and O–H groups in total. The molecule has 0 aromatic heterocycles. The van der Waals surface area contributed by atoms with Crippen molar-refractivity contribution < 1.29 is 24.0 Å². The van der Waals surface area contributed by atoms with Gasteiger partial charge in [-0.2, -0.15) is 0 Å². The first-order valence-corrected chi connectivity index (χ1v) is 10.7. The van der Waals surface area contributed by atoms with Gasteiger partial charge < -0.3 is 10.1 Å². The molecule has 0 spiro atoms. The number of carbonyl (C=O) groups is 3. The molecule has 2 aliphatic rings. The number of methoxy groups -OCH3 is 1. The predicted octanol–water partition coefficient (Wildman–Crippen LogP) is 2.04. The van der Waals surface area contributed by atoms with Crippen LogP contribution in [0.3, 0.4) is 0 Å². The second-order valence-corrected chi connectivity index (χ2v) is 8.10. The fourth-order valence-corrected chi connectivity index (χ4v) is 4.07. The van der Waals surface area contributed by atoms with E-state index in [1.165, 1.54) is 34.3 Å². The molecule has 3 amide bonds. The summed E-state index contributed by atoms with van der Waals surface area (Å²) in [5.41, 5.74) is 0.356. The average molecular weight is 452 g/mol. The molecule has 1 saturated carbocycles. The summed E-state index contributed by atoms with van der Waals surface area (Å²) in [5.74, 6) is -0.308. The van der Waals surface area contributed by atoms with Gasteiger partial charge in [0.15, 0.2) is 0 Å². The highest BCUT2D eigenvalue weighted by Crippen LogP contribution is 2.50. The monoisotopic (exact) mass is 452 g/mol. The van der Waals surface area contributed by atoms with Gasteiger partial charge >= 0.3 is 0 Å². The van der Waals surface area contributed by atoms with Gasteiger partial charge in [-0.1, -0.05) is 12.1 Å². The van der Waals surface area contributed by atoms with Crippen molar-refractivity contribution >= 4 is 23.4 Å². The Labute approximate surface area is 190 Å². The van der Waals surface area contributed by atoms with E-state index in [-0.39, 0.29) is 29.6 Å². The molecule has 0 unspecified atom stereocenters. The van der Waals surface area contributed by atoms with Gasteiger partial charge in [0.25, 0.3) is 23.4 Å². The maximum atomic E-state index is 13.4. The first-order valence-electron chi connectivity index (χ1n) is 10.7. The first-order chi connectivity index (χ1) is 15.9. The van der Waals surface area contributed by atoms with Crippen LogP contribution in [0, 0.1) is 10.1 Å². The maximum absolute atomic E-state index is 13.4. The second kappa shape index (κ2) is 8.89. The van der Waals surface area contributed by atoms with E-state index < -0.39 is 16.2 Å². The number of benzene rings is 2. The third-order valence-electron chi connectivity index (χ3n) is 6.10. The molecule has 0 atom stereocenters. The third-order valence-corrected chi connectivity index (χ3v) is 6.10. The summed E-state index contributed by atoms with van der Waals surface area (Å²) in [6, 6.07) is 12.5. The molecular weight excluding hydrogens is 428 g/mol. The summed E-state index contributed by atoms with van der Waals surface area (Å²) in [7, 11) is 1.58. The molecule has 1 aliphatic heterocycles. The number of nitrogens with zero attached hydrogens (tertiary/aromatic N) is 3. The van der Waals surface area contributed by atoms with Gasteiger partial charge in [0.2, 0.25) is 0 Å². The van der Waals surface area contributed by atoms with Crippen LogP contribution in [0.25, 0.3) is 0 Å². The lowest BCUT2D eigenvalue weighted by molar-refractivity contribution is -0.384. The van der Waals surface area contributed by atoms with E-state index in [4.69, 9.17) is 4.74 Å². The van der Waals surface area contributed by atoms with Crippen LogP contribution in [0.5, 0.6) is 5.75 Å². The maximum Gasteiger partial charge on any atom is 0.269 e. The Kier molecular flexibility index (Phi) is 5.99. The number of carbonyl (C=O) groups excluding carboxylic acids is 3. The van der Waals surface area contributed by atoms with Gasteiger partial charge in [-0.05, 0) is 49.1 Å². The molecule has 33 heavy (non-hydrogen) atoms. The Morgan fingerprint density at radius 2 is 1.67 bits per heavy atom. The summed E-state index contributed by atoms with van der Waals surface area (Å²) < 4.78 is 5.19. The van der Waals surface area contributed by atoms with Crippen LogP contribution in [0.4, 0.5) is 5.69 Å². The van der Waals surface area contributed by atoms with Gasteiger partial charge in [0, 0.05) is 30.8 Å². The van der Waals surface area contributed by atoms with E-state index in [1.54, 1.807) is 7.11 Å². The number of non-ortho nitro benzene ring substituents is 1. The molecule has 10 heteroatoms. The number of amides is 3. The van der Waals surface area contributed by atoms with Gasteiger partial charge in [-0.3, -0.25) is 29.5 Å². The fourth-order valence-electron chi connectivity index (χ4n) is 4.07. The van der Waals surface area contributed by atoms with Gasteiger partial charge in [0.05, 0.1) is 24.0 Å². The summed E-state index contributed by atoms with van der Waals surface area (Å²) in [6.45, 7) is 0.560. The largest absolute Gasteiger partial charge is 0.497 e. The number of hydrogen-bond acceptors (Lipinski definition) is 6. The molecule has 1 heterocycles. The minimum Gasteiger partial charge on any atom is -0.497 e. The zero-order valence-electron chi connectivity index (χ0n) is 18.2. The smallest absolute Gasteiger partial charge is 0.269 e. The predicted molar refractivity (Wildman–Crippen MR) is 117 cm³/mol. The van der Waals surface area contributed by atoms with Crippen molar-refractivity contribution in [1.29, 1.82) is 0 Å². The number of nitro benzene ring substituents is 1. The lowest BCUT2D eigenvalue weighted by Crippen LogP contribution is -2.51. The van der Waals surface area contributed by atoms with Crippen LogP contribution >= 0.6 is 0 Å². The first kappa shape index (κ1) is 22.3. The Bertz CT molecular complexity index is 1080. The topological polar surface area (TPSA) is 122 Å². The van der Waals surface area contributed by atoms with E-state index in [0.717, 1.165) is 5.56 Å². The van der Waals surface area contributed by atoms with Gasteiger partial charge in [-0.25, -0.2) is 5.01 Å². The molecule has 10 nitrogen and oxygen atoms in total. The van der Waals surface area contributed by atoms with Crippen molar-refractivity contribution in [3.05, 3.63) is 69.8 Å². The zero-order chi connectivity index (χ0) is 23.6. The van der Waals surface area contributed by atoms with E-state index in [1.807, 2.05) is 24.3 Å². The van der Waals surface area contributed by atoms with E-state index in [0.29, 0.717) is 38.1 Å². The van der Waals surface area contributed by atoms with Gasteiger partial charge in [0.1, 0.15) is 5.75 Å². The van der Waals surface area contributed by atoms with Crippen LogP contribution in [0.15, 0.2) is 48.5 Å². The molecule has 0 bridgehead atoms. The lowest BCUT2D eigenvalue weighted by Gasteiger charge is -2.31. The van der Waals surface area contributed by atoms with Crippen molar-refractivity contribution in [2.45, 2.75) is 24.7 Å². The van der Waals surface area contributed by atoms with Gasteiger partial charge in [-0.15, -0.1) is 0 Å². The standard InChI is InChI=1S/C23H24N4O6/c1-33-19-9-5-17(6-10-19)23(11-12-23)22(30)26-14-2-13-25(26)20(28)15-24-21(29)16-3-7-18(8-4-16)27(31)32/h3-10H,2,11-15H2,1H3,(H,24,29). The molecule has 1 aliphatic carbocycles. The Hall–Kier alpha value is -3.95. The highest BCUT2D eigenvalue weighted by atomic mass is 16.6. The van der Waals surface area contributed by atoms with Crippen molar-refractivity contribution in [3.8, 4) is 5.75 Å². The molecule has 172 valence electrons. The molecule has 2 aromatic carbocycles. The van der Waals surface area contributed by atoms with E-state index in [2.05, 4.69) is 5.32 Å². The highest BCUT2D eigenvalue weighted by Gasteiger charge is 2.54. The quantitative estimate of drug-likeness (QED) is 0.507. The number of rotatable bonds is 7. The minimum atomic E-state index is -0.628. The van der Waals surface area contributed by atoms with Crippen molar-refractivity contribution in [1.82, 2.24) is 15.3 Å². The number of ether oxygens (including phenoxy) is 1. The fraction of sp³-hybridized carbons (Fsp3) is 0.348. The molecule has 2 fully saturated rings. The highest BCUT2D eigenvalue weighted by molar-refractivity contribution is 5.97. The summed E-state index contributed by atoms with van der Waals surface area (Å²) in [5, 5.41) is 16.2. The molecular formula is C23H24N4O6. The van der Waals surface area contributed by atoms with Crippen molar-refractivity contribution in [3.63, 3.8) is 0 Å². The van der Waals surface area contributed by atoms with Crippen LogP contribution < -0.4 is 10.1 Å². The summed E-state index contributed by atoms with van der Waals surface area (Å²) >= 11 is 0. The molecule has 4 rings (SSSR count). The van der Waals surface area contributed by atoms with Crippen LogP contribution in [0.2, 0.25) is 0 Å². The summed E-state index contributed by atoms with van der Waals surface area (Å²) in [4.78, 5) is 48.7. The Balaban J connectivity index is 1.39. The molecule has 2 aromatic rings. The van der Waals surface area contributed by atoms with Crippen molar-refractivity contribution in [2.24, 2.45) is 0 Å². The second-order valence-electron chi connectivity index (χ2n) is 8.10. The lowest BCUT2D eigenvalue weighted by atomic mass is 9.94. The third kappa shape index (κ3) is 4.36. The van der Waals surface area contributed by atoms with Crippen LogP contribution in [0.1, 0.15) is 35.2 Å². The Morgan fingerprint density at radius 1 is 1.03 bits per heavy atom. The number of nitrogens with one attached hydrogen (secondary N) is 1. The molecule has 1 saturated heterocycles. The van der Waals surface area contributed by atoms with Crippen LogP contribution in [-0.4, -0.2) is 59.4 Å². The number of hydrazine groups is 1. The zero-order valence-corrected chi connectivity index (χ0v) is 18.2. The average Bonchev–Trinajstić information content (AvgIpc) is 3.51. The Morgan fingerprint density at radius 3 is 2.24 bits per heavy atom. The summed E-state index contributed by atoms with van der Waals surface area (Å²) in [6.07, 6.45) is 2.09. The normalized spacial score (nSPS) is 16.3. The minimum absolute atomic E-state index is 0.111. The van der Waals surface area contributed by atoms with E-state index >= 15 is 0 Å².